The predicted molar refractivity (Wildman–Crippen MR) is 181 cm³/mol. The number of rotatable bonds is 13. The Morgan fingerprint density at radius 3 is 2.30 bits per heavy atom. The van der Waals surface area contributed by atoms with Crippen LogP contribution in [0.5, 0.6) is 0 Å². The van der Waals surface area contributed by atoms with Gasteiger partial charge in [-0.05, 0) is 81.3 Å². The molecule has 1 unspecified atom stereocenters. The Hall–Kier alpha value is -3.00. The van der Waals surface area contributed by atoms with Crippen LogP contribution in [-0.2, 0) is 18.9 Å². The third-order valence-corrected chi connectivity index (χ3v) is 9.62. The zero-order valence-corrected chi connectivity index (χ0v) is 29.3. The lowest BCUT2D eigenvalue weighted by Gasteiger charge is -2.25. The molecule has 240 valence electrons. The monoisotopic (exact) mass is 620 g/mol. The minimum atomic E-state index is -1.33. The summed E-state index contributed by atoms with van der Waals surface area (Å²) in [6.45, 7) is 21.4. The van der Waals surface area contributed by atoms with Gasteiger partial charge in [-0.1, -0.05) is 94.5 Å². The lowest BCUT2D eigenvalue weighted by atomic mass is 9.95. The van der Waals surface area contributed by atoms with E-state index in [4.69, 9.17) is 18.9 Å². The molecule has 0 aromatic heterocycles. The van der Waals surface area contributed by atoms with Crippen molar-refractivity contribution in [2.75, 3.05) is 6.61 Å². The van der Waals surface area contributed by atoms with Crippen LogP contribution in [0.4, 0.5) is 0 Å². The van der Waals surface area contributed by atoms with E-state index in [2.05, 4.69) is 46.5 Å². The van der Waals surface area contributed by atoms with Crippen LogP contribution < -0.4 is 0 Å². The fourth-order valence-corrected chi connectivity index (χ4v) is 5.79. The zero-order valence-electron chi connectivity index (χ0n) is 28.3. The predicted octanol–water partition coefficient (Wildman–Crippen LogP) is 8.80. The van der Waals surface area contributed by atoms with E-state index < -0.39 is 32.0 Å². The van der Waals surface area contributed by atoms with Crippen molar-refractivity contribution in [3.63, 3.8) is 0 Å². The first kappa shape index (κ1) is 35.5. The van der Waals surface area contributed by atoms with E-state index in [1.807, 2.05) is 76.3 Å². The molecule has 3 rings (SSSR count). The molecule has 4 atom stereocenters. The molecular weight excluding hydrogens is 568 g/mol. The first-order valence-electron chi connectivity index (χ1n) is 15.8. The number of aryl methyl sites for hydroxylation is 2. The fraction of sp³-hybridized carbons (Fsp3) is 0.514. The molecule has 44 heavy (non-hydrogen) atoms. The highest BCUT2D eigenvalue weighted by molar-refractivity contribution is 6.76. The van der Waals surface area contributed by atoms with Crippen molar-refractivity contribution in [3.8, 4) is 0 Å². The number of carbonyl (C=O) groups excluding carboxylic acids is 2. The highest BCUT2D eigenvalue weighted by atomic mass is 28.3. The van der Waals surface area contributed by atoms with Crippen LogP contribution in [0.25, 0.3) is 6.08 Å². The molecule has 7 heteroatoms. The van der Waals surface area contributed by atoms with Crippen LogP contribution in [0, 0.1) is 25.7 Å². The second-order valence-electron chi connectivity index (χ2n) is 14.0. The molecule has 0 bridgehead atoms. The van der Waals surface area contributed by atoms with Crippen molar-refractivity contribution >= 4 is 26.1 Å². The third kappa shape index (κ3) is 10.6. The number of esters is 2. The van der Waals surface area contributed by atoms with Crippen molar-refractivity contribution in [2.45, 2.75) is 105 Å². The molecule has 0 aliphatic carbocycles. The average molecular weight is 621 g/mol. The van der Waals surface area contributed by atoms with Crippen LogP contribution in [0.2, 0.25) is 25.7 Å². The van der Waals surface area contributed by atoms with Crippen LogP contribution in [0.15, 0.2) is 60.7 Å². The summed E-state index contributed by atoms with van der Waals surface area (Å²) >= 11 is 0. The largest absolute Gasteiger partial charge is 0.462 e. The maximum absolute atomic E-state index is 13.2. The van der Waals surface area contributed by atoms with E-state index in [0.717, 1.165) is 22.7 Å². The number of allylic oxidation sites excluding steroid dienone is 1. The molecule has 0 spiro atoms. The molecule has 0 radical (unpaired) electrons. The first-order chi connectivity index (χ1) is 20.6. The zero-order chi connectivity index (χ0) is 32.7. The summed E-state index contributed by atoms with van der Waals surface area (Å²) in [5.74, 6) is -0.842. The van der Waals surface area contributed by atoms with E-state index >= 15 is 0 Å². The average Bonchev–Trinajstić information content (AvgIpc) is 3.23. The van der Waals surface area contributed by atoms with Gasteiger partial charge in [-0.2, -0.15) is 0 Å². The van der Waals surface area contributed by atoms with Crippen LogP contribution in [-0.4, -0.2) is 50.7 Å². The van der Waals surface area contributed by atoms with E-state index in [1.165, 1.54) is 0 Å². The van der Waals surface area contributed by atoms with Gasteiger partial charge >= 0.3 is 11.9 Å². The SMILES string of the molecule is Cc1cc(C)c(C(=O)OCC[Si](C)(C)C)c(/C=C/C[C@@H]2OC(C)(C)O[C@@H]2C(/C=C\[C@H](C)C(C)C)OC(=O)c2ccccc2)c1. The van der Waals surface area contributed by atoms with Gasteiger partial charge in [-0.3, -0.25) is 0 Å². The van der Waals surface area contributed by atoms with Crippen molar-refractivity contribution in [1.82, 2.24) is 0 Å². The Morgan fingerprint density at radius 2 is 1.66 bits per heavy atom. The van der Waals surface area contributed by atoms with Gasteiger partial charge in [0, 0.05) is 8.07 Å². The molecule has 1 aliphatic rings. The number of ether oxygens (including phenoxy) is 4. The van der Waals surface area contributed by atoms with Gasteiger partial charge < -0.3 is 18.9 Å². The molecule has 2 aromatic rings. The molecule has 0 N–H and O–H groups in total. The van der Waals surface area contributed by atoms with Crippen LogP contribution in [0.3, 0.4) is 0 Å². The minimum absolute atomic E-state index is 0.287. The number of carbonyl (C=O) groups is 2. The summed E-state index contributed by atoms with van der Waals surface area (Å²) in [4.78, 5) is 26.3. The summed E-state index contributed by atoms with van der Waals surface area (Å²) in [6, 6.07) is 13.9. The molecule has 2 aromatic carbocycles. The maximum atomic E-state index is 13.2. The molecule has 1 aliphatic heterocycles. The van der Waals surface area contributed by atoms with Crippen molar-refractivity contribution < 1.29 is 28.5 Å². The summed E-state index contributed by atoms with van der Waals surface area (Å²) in [6.07, 6.45) is 6.94. The molecular formula is C37H52O6Si. The van der Waals surface area contributed by atoms with Crippen molar-refractivity contribution in [1.29, 1.82) is 0 Å². The lowest BCUT2D eigenvalue weighted by Crippen LogP contribution is -2.37. The van der Waals surface area contributed by atoms with Gasteiger partial charge in [-0.15, -0.1) is 0 Å². The van der Waals surface area contributed by atoms with E-state index in [9.17, 15) is 9.59 Å². The lowest BCUT2D eigenvalue weighted by molar-refractivity contribution is -0.152. The topological polar surface area (TPSA) is 71.1 Å². The number of hydrogen-bond donors (Lipinski definition) is 0. The van der Waals surface area contributed by atoms with Crippen molar-refractivity contribution in [3.05, 3.63) is 88.5 Å². The van der Waals surface area contributed by atoms with Gasteiger partial charge in [0.15, 0.2) is 5.79 Å². The minimum Gasteiger partial charge on any atom is -0.462 e. The third-order valence-electron chi connectivity index (χ3n) is 7.92. The first-order valence-corrected chi connectivity index (χ1v) is 19.5. The van der Waals surface area contributed by atoms with Gasteiger partial charge in [0.25, 0.3) is 0 Å². The Bertz CT molecular complexity index is 1320. The summed E-state index contributed by atoms with van der Waals surface area (Å²) in [5.41, 5.74) is 3.84. The smallest absolute Gasteiger partial charge is 0.338 e. The van der Waals surface area contributed by atoms with Gasteiger partial charge in [0.2, 0.25) is 0 Å². The van der Waals surface area contributed by atoms with E-state index in [0.29, 0.717) is 30.1 Å². The molecule has 1 heterocycles. The standard InChI is InChI=1S/C37H52O6Si/c1-25(2)27(4)19-20-31(41-35(38)29-15-12-11-13-16-29)34-32(42-37(6,7)43-34)18-14-17-30-24-26(3)23-28(5)33(30)36(39)40-21-22-44(8,9)10/h11-17,19-20,23-25,27,31-32,34H,18,21-22H2,1-10H3/b17-14+,20-19-/t27-,31?,32-,34+/m0/s1. The molecule has 1 fully saturated rings. The highest BCUT2D eigenvalue weighted by Gasteiger charge is 2.45. The van der Waals surface area contributed by atoms with Gasteiger partial charge in [0.1, 0.15) is 12.2 Å². The summed E-state index contributed by atoms with van der Waals surface area (Å²) in [7, 11) is -1.33. The normalized spacial score (nSPS) is 19.9. The van der Waals surface area contributed by atoms with Crippen LogP contribution in [0.1, 0.15) is 78.4 Å². The number of hydrogen-bond acceptors (Lipinski definition) is 6. The molecule has 1 saturated heterocycles. The van der Waals surface area contributed by atoms with Gasteiger partial charge in [0.05, 0.1) is 23.8 Å². The highest BCUT2D eigenvalue weighted by Crippen LogP contribution is 2.34. The van der Waals surface area contributed by atoms with Crippen molar-refractivity contribution in [2.24, 2.45) is 11.8 Å². The Balaban J connectivity index is 1.86. The quantitative estimate of drug-likeness (QED) is 0.127. The fourth-order valence-electron chi connectivity index (χ4n) is 5.07. The second-order valence-corrected chi connectivity index (χ2v) is 19.6. The summed E-state index contributed by atoms with van der Waals surface area (Å²) in [5, 5.41) is 0. The molecule has 0 saturated carbocycles. The van der Waals surface area contributed by atoms with E-state index in [1.54, 1.807) is 12.1 Å². The molecule has 6 nitrogen and oxygen atoms in total. The van der Waals surface area contributed by atoms with Gasteiger partial charge in [-0.25, -0.2) is 9.59 Å². The van der Waals surface area contributed by atoms with Crippen LogP contribution >= 0.6 is 0 Å². The number of benzene rings is 2. The summed E-state index contributed by atoms with van der Waals surface area (Å²) < 4.78 is 24.5. The Labute approximate surface area is 265 Å². The van der Waals surface area contributed by atoms with E-state index in [-0.39, 0.29) is 18.0 Å². The molecule has 0 amide bonds. The Morgan fingerprint density at radius 1 is 0.977 bits per heavy atom. The second kappa shape index (κ2) is 15.3. The maximum Gasteiger partial charge on any atom is 0.338 e. The Kier molecular flexibility index (Phi) is 12.4.